The molecule has 4 nitrogen and oxygen atoms in total. The number of benzene rings is 2. The molecule has 0 amide bonds. The van der Waals surface area contributed by atoms with Gasteiger partial charge in [0, 0.05) is 11.1 Å². The minimum Gasteiger partial charge on any atom is -0.235 e. The fourth-order valence-corrected chi connectivity index (χ4v) is 3.37. The van der Waals surface area contributed by atoms with Gasteiger partial charge in [-0.05, 0) is 31.5 Å². The monoisotopic (exact) mass is 362 g/mol. The molecule has 4 aromatic rings. The Bertz CT molecular complexity index is 1250. The lowest BCUT2D eigenvalue weighted by atomic mass is 9.98. The third kappa shape index (κ3) is 3.02. The molecular formula is C24H18N4. The number of aryl methyl sites for hydroxylation is 2. The largest absolute Gasteiger partial charge is 0.235 e. The predicted octanol–water partition coefficient (Wildman–Crippen LogP) is 5.22. The number of fused-ring (bicyclic) bond motifs is 1. The molecule has 2 aromatic carbocycles. The molecule has 0 saturated heterocycles. The maximum absolute atomic E-state index is 9.91. The van der Waals surface area contributed by atoms with Gasteiger partial charge in [-0.2, -0.15) is 15.6 Å². The second-order valence-corrected chi connectivity index (χ2v) is 6.93. The first-order valence-electron chi connectivity index (χ1n) is 9.07. The first kappa shape index (κ1) is 17.5. The third-order valence-corrected chi connectivity index (χ3v) is 4.90. The highest BCUT2D eigenvalue weighted by Gasteiger charge is 2.17. The zero-order valence-corrected chi connectivity index (χ0v) is 15.8. The number of hydrogen-bond acceptors (Lipinski definition) is 3. The molecule has 0 N–H and O–H groups in total. The molecule has 4 heteroatoms. The van der Waals surface area contributed by atoms with Crippen molar-refractivity contribution < 1.29 is 0 Å². The van der Waals surface area contributed by atoms with Crippen LogP contribution >= 0.6 is 0 Å². The number of hydrogen-bond donors (Lipinski definition) is 0. The standard InChI is InChI=1S/C24H18N4/c1-16-3-7-18(8-4-16)21-13-20(11-12-25)28-24(22(21)15-26)14-23(27-28)19-9-5-17(2)6-10-19/h3-10,13-14H,11H2,1-2H3. The normalized spacial score (nSPS) is 10.6. The van der Waals surface area contributed by atoms with E-state index in [0.717, 1.165) is 39.2 Å². The molecule has 4 rings (SSSR count). The quantitative estimate of drug-likeness (QED) is 0.502. The van der Waals surface area contributed by atoms with E-state index in [1.165, 1.54) is 5.56 Å². The Morgan fingerprint density at radius 2 is 1.46 bits per heavy atom. The summed E-state index contributed by atoms with van der Waals surface area (Å²) in [6.07, 6.45) is 0.218. The molecule has 0 radical (unpaired) electrons. The predicted molar refractivity (Wildman–Crippen MR) is 110 cm³/mol. The summed E-state index contributed by atoms with van der Waals surface area (Å²) in [5, 5.41) is 23.9. The van der Waals surface area contributed by atoms with Gasteiger partial charge in [0.05, 0.1) is 35.0 Å². The average Bonchev–Trinajstić information content (AvgIpc) is 3.14. The Morgan fingerprint density at radius 1 is 0.857 bits per heavy atom. The van der Waals surface area contributed by atoms with Gasteiger partial charge >= 0.3 is 0 Å². The van der Waals surface area contributed by atoms with E-state index in [1.54, 1.807) is 4.52 Å². The van der Waals surface area contributed by atoms with Crippen LogP contribution in [0.25, 0.3) is 27.9 Å². The van der Waals surface area contributed by atoms with Crippen LogP contribution in [-0.4, -0.2) is 9.61 Å². The highest BCUT2D eigenvalue weighted by molar-refractivity contribution is 5.82. The molecule has 2 heterocycles. The van der Waals surface area contributed by atoms with Crippen molar-refractivity contribution in [1.82, 2.24) is 9.61 Å². The smallest absolute Gasteiger partial charge is 0.102 e. The lowest BCUT2D eigenvalue weighted by Gasteiger charge is -2.10. The van der Waals surface area contributed by atoms with Gasteiger partial charge in [0.2, 0.25) is 0 Å². The van der Waals surface area contributed by atoms with Crippen molar-refractivity contribution >= 4 is 5.52 Å². The van der Waals surface area contributed by atoms with Crippen LogP contribution in [0.5, 0.6) is 0 Å². The molecule has 0 aliphatic heterocycles. The van der Waals surface area contributed by atoms with Gasteiger partial charge in [0.15, 0.2) is 0 Å². The van der Waals surface area contributed by atoms with Crippen LogP contribution in [-0.2, 0) is 6.42 Å². The van der Waals surface area contributed by atoms with E-state index in [-0.39, 0.29) is 6.42 Å². The lowest BCUT2D eigenvalue weighted by Crippen LogP contribution is -2.02. The van der Waals surface area contributed by atoms with Crippen molar-refractivity contribution in [3.05, 3.63) is 83.0 Å². The molecule has 0 atom stereocenters. The Balaban J connectivity index is 1.99. The highest BCUT2D eigenvalue weighted by atomic mass is 15.2. The van der Waals surface area contributed by atoms with Gasteiger partial charge in [-0.1, -0.05) is 59.7 Å². The number of nitrogens with zero attached hydrogens (tertiary/aromatic N) is 4. The van der Waals surface area contributed by atoms with Crippen molar-refractivity contribution in [3.63, 3.8) is 0 Å². The van der Waals surface area contributed by atoms with E-state index < -0.39 is 0 Å². The van der Waals surface area contributed by atoms with Gasteiger partial charge < -0.3 is 0 Å². The van der Waals surface area contributed by atoms with E-state index >= 15 is 0 Å². The first-order chi connectivity index (χ1) is 13.6. The molecule has 0 saturated carbocycles. The number of pyridine rings is 1. The van der Waals surface area contributed by atoms with Gasteiger partial charge in [0.25, 0.3) is 0 Å². The van der Waals surface area contributed by atoms with Crippen molar-refractivity contribution in [1.29, 1.82) is 10.5 Å². The van der Waals surface area contributed by atoms with Crippen molar-refractivity contribution in [2.75, 3.05) is 0 Å². The van der Waals surface area contributed by atoms with Crippen LogP contribution in [0.4, 0.5) is 0 Å². The third-order valence-electron chi connectivity index (χ3n) is 4.90. The zero-order chi connectivity index (χ0) is 19.7. The second-order valence-electron chi connectivity index (χ2n) is 6.93. The minimum atomic E-state index is 0.218. The summed E-state index contributed by atoms with van der Waals surface area (Å²) in [5.41, 5.74) is 7.96. The topological polar surface area (TPSA) is 64.9 Å². The number of nitriles is 2. The van der Waals surface area contributed by atoms with Gasteiger partial charge in [-0.3, -0.25) is 0 Å². The number of rotatable bonds is 3. The molecule has 134 valence electrons. The Kier molecular flexibility index (Phi) is 4.39. The van der Waals surface area contributed by atoms with Crippen LogP contribution in [0.1, 0.15) is 22.4 Å². The van der Waals surface area contributed by atoms with Crippen molar-refractivity contribution in [2.24, 2.45) is 0 Å². The van der Waals surface area contributed by atoms with Crippen molar-refractivity contribution in [2.45, 2.75) is 20.3 Å². The van der Waals surface area contributed by atoms with Crippen LogP contribution < -0.4 is 0 Å². The molecule has 0 aliphatic rings. The SMILES string of the molecule is Cc1ccc(-c2cc3c(C#N)c(-c4ccc(C)cc4)cc(CC#N)n3n2)cc1. The molecule has 28 heavy (non-hydrogen) atoms. The van der Waals surface area contributed by atoms with E-state index in [1.807, 2.05) is 74.5 Å². The first-order valence-corrected chi connectivity index (χ1v) is 9.07. The molecular weight excluding hydrogens is 344 g/mol. The summed E-state index contributed by atoms with van der Waals surface area (Å²) < 4.78 is 1.73. The van der Waals surface area contributed by atoms with Crippen LogP contribution in [0, 0.1) is 36.5 Å². The Labute approximate surface area is 163 Å². The fourth-order valence-electron chi connectivity index (χ4n) is 3.37. The van der Waals surface area contributed by atoms with Crippen LogP contribution in [0.2, 0.25) is 0 Å². The highest BCUT2D eigenvalue weighted by Crippen LogP contribution is 2.31. The maximum Gasteiger partial charge on any atom is 0.102 e. The Hall–Kier alpha value is -3.89. The summed E-state index contributed by atoms with van der Waals surface area (Å²) in [5.74, 6) is 0. The molecule has 0 fully saturated rings. The summed E-state index contributed by atoms with van der Waals surface area (Å²) in [6, 6.07) is 24.6. The molecule has 2 aromatic heterocycles. The maximum atomic E-state index is 9.91. The van der Waals surface area contributed by atoms with E-state index in [0.29, 0.717) is 5.56 Å². The summed E-state index contributed by atoms with van der Waals surface area (Å²) in [6.45, 7) is 4.07. The number of aromatic nitrogens is 2. The summed E-state index contributed by atoms with van der Waals surface area (Å²) >= 11 is 0. The summed E-state index contributed by atoms with van der Waals surface area (Å²) in [4.78, 5) is 0. The lowest BCUT2D eigenvalue weighted by molar-refractivity contribution is 0.893. The fraction of sp³-hybridized carbons (Fsp3) is 0.125. The van der Waals surface area contributed by atoms with Crippen LogP contribution in [0.15, 0.2) is 60.7 Å². The zero-order valence-electron chi connectivity index (χ0n) is 15.8. The molecule has 0 spiro atoms. The minimum absolute atomic E-state index is 0.218. The van der Waals surface area contributed by atoms with Crippen LogP contribution in [0.3, 0.4) is 0 Å². The second kappa shape index (κ2) is 7.02. The van der Waals surface area contributed by atoms with E-state index in [4.69, 9.17) is 5.10 Å². The molecule has 0 unspecified atom stereocenters. The molecule has 0 aliphatic carbocycles. The summed E-state index contributed by atoms with van der Waals surface area (Å²) in [7, 11) is 0. The van der Waals surface area contributed by atoms with Crippen molar-refractivity contribution in [3.8, 4) is 34.5 Å². The molecule has 0 bridgehead atoms. The Morgan fingerprint density at radius 3 is 2.04 bits per heavy atom. The average molecular weight is 362 g/mol. The van der Waals surface area contributed by atoms with Gasteiger partial charge in [-0.25, -0.2) is 4.52 Å². The van der Waals surface area contributed by atoms with Gasteiger partial charge in [0.1, 0.15) is 6.07 Å². The van der Waals surface area contributed by atoms with E-state index in [9.17, 15) is 10.5 Å². The van der Waals surface area contributed by atoms with Gasteiger partial charge in [-0.15, -0.1) is 0 Å². The van der Waals surface area contributed by atoms with E-state index in [2.05, 4.69) is 12.1 Å².